The summed E-state index contributed by atoms with van der Waals surface area (Å²) >= 11 is 0. The SMILES string of the molecule is C=Cc1cc2c(OCOC)cccc2oc1=O. The van der Waals surface area contributed by atoms with Crippen LogP contribution in [0.4, 0.5) is 0 Å². The van der Waals surface area contributed by atoms with Gasteiger partial charge in [0.25, 0.3) is 0 Å². The number of rotatable bonds is 4. The van der Waals surface area contributed by atoms with E-state index in [-0.39, 0.29) is 6.79 Å². The van der Waals surface area contributed by atoms with Crippen molar-refractivity contribution in [1.29, 1.82) is 0 Å². The molecule has 0 saturated heterocycles. The summed E-state index contributed by atoms with van der Waals surface area (Å²) in [6.45, 7) is 3.71. The molecule has 88 valence electrons. The van der Waals surface area contributed by atoms with Crippen molar-refractivity contribution in [2.75, 3.05) is 13.9 Å². The molecule has 1 aromatic carbocycles. The molecule has 0 aliphatic rings. The number of fused-ring (bicyclic) bond motifs is 1. The zero-order chi connectivity index (χ0) is 12.3. The smallest absolute Gasteiger partial charge is 0.343 e. The van der Waals surface area contributed by atoms with Gasteiger partial charge in [0, 0.05) is 7.11 Å². The normalized spacial score (nSPS) is 10.4. The molecule has 0 aliphatic carbocycles. The molecule has 2 rings (SSSR count). The Kier molecular flexibility index (Phi) is 3.25. The maximum Gasteiger partial charge on any atom is 0.343 e. The first-order chi connectivity index (χ1) is 8.26. The number of benzene rings is 1. The predicted octanol–water partition coefficient (Wildman–Crippen LogP) is 2.42. The van der Waals surface area contributed by atoms with Gasteiger partial charge in [0.2, 0.25) is 0 Å². The average molecular weight is 232 g/mol. The third-order valence-corrected chi connectivity index (χ3v) is 2.32. The summed E-state index contributed by atoms with van der Waals surface area (Å²) < 4.78 is 15.4. The maximum absolute atomic E-state index is 11.5. The van der Waals surface area contributed by atoms with Crippen molar-refractivity contribution in [3.63, 3.8) is 0 Å². The van der Waals surface area contributed by atoms with Crippen LogP contribution in [0.25, 0.3) is 17.0 Å². The van der Waals surface area contributed by atoms with Crippen LogP contribution in [0.1, 0.15) is 5.56 Å². The molecule has 0 unspecified atom stereocenters. The van der Waals surface area contributed by atoms with E-state index < -0.39 is 5.63 Å². The maximum atomic E-state index is 11.5. The van der Waals surface area contributed by atoms with Gasteiger partial charge in [0.15, 0.2) is 6.79 Å². The monoisotopic (exact) mass is 232 g/mol. The van der Waals surface area contributed by atoms with E-state index in [1.807, 2.05) is 0 Å². The molecule has 0 amide bonds. The van der Waals surface area contributed by atoms with Crippen LogP contribution in [0.2, 0.25) is 0 Å². The van der Waals surface area contributed by atoms with Crippen molar-refractivity contribution in [3.8, 4) is 5.75 Å². The minimum atomic E-state index is -0.406. The van der Waals surface area contributed by atoms with Gasteiger partial charge in [0.05, 0.1) is 10.9 Å². The lowest BCUT2D eigenvalue weighted by Gasteiger charge is -2.07. The van der Waals surface area contributed by atoms with Crippen LogP contribution in [-0.4, -0.2) is 13.9 Å². The quantitative estimate of drug-likeness (QED) is 0.600. The minimum absolute atomic E-state index is 0.141. The van der Waals surface area contributed by atoms with Crippen molar-refractivity contribution < 1.29 is 13.9 Å². The molecular weight excluding hydrogens is 220 g/mol. The summed E-state index contributed by atoms with van der Waals surface area (Å²) in [5, 5.41) is 0.721. The van der Waals surface area contributed by atoms with Crippen molar-refractivity contribution in [3.05, 3.63) is 46.8 Å². The molecular formula is C13H12O4. The van der Waals surface area contributed by atoms with Crippen LogP contribution >= 0.6 is 0 Å². The highest BCUT2D eigenvalue weighted by molar-refractivity contribution is 5.84. The van der Waals surface area contributed by atoms with Gasteiger partial charge < -0.3 is 13.9 Å². The van der Waals surface area contributed by atoms with E-state index in [9.17, 15) is 4.79 Å². The van der Waals surface area contributed by atoms with Crippen molar-refractivity contribution in [2.45, 2.75) is 0 Å². The van der Waals surface area contributed by atoms with Crippen LogP contribution in [0.15, 0.2) is 40.1 Å². The summed E-state index contributed by atoms with van der Waals surface area (Å²) in [5.41, 5.74) is 0.483. The molecule has 0 aliphatic heterocycles. The molecule has 2 aromatic rings. The second kappa shape index (κ2) is 4.84. The topological polar surface area (TPSA) is 48.7 Å². The highest BCUT2D eigenvalue weighted by Gasteiger charge is 2.07. The Morgan fingerprint density at radius 2 is 2.29 bits per heavy atom. The number of ether oxygens (including phenoxy) is 2. The Labute approximate surface area is 98.1 Å². The van der Waals surface area contributed by atoms with Crippen LogP contribution in [0.5, 0.6) is 5.75 Å². The lowest BCUT2D eigenvalue weighted by molar-refractivity contribution is 0.0522. The molecule has 0 spiro atoms. The van der Waals surface area contributed by atoms with E-state index in [1.54, 1.807) is 31.4 Å². The highest BCUT2D eigenvalue weighted by Crippen LogP contribution is 2.25. The predicted molar refractivity (Wildman–Crippen MR) is 65.1 cm³/mol. The van der Waals surface area contributed by atoms with E-state index in [2.05, 4.69) is 6.58 Å². The van der Waals surface area contributed by atoms with E-state index in [4.69, 9.17) is 13.9 Å². The summed E-state index contributed by atoms with van der Waals surface area (Å²) in [5.74, 6) is 0.608. The molecule has 17 heavy (non-hydrogen) atoms. The van der Waals surface area contributed by atoms with Crippen LogP contribution in [0, 0.1) is 0 Å². The van der Waals surface area contributed by atoms with Gasteiger partial charge in [-0.2, -0.15) is 0 Å². The summed E-state index contributed by atoms with van der Waals surface area (Å²) in [6.07, 6.45) is 1.46. The van der Waals surface area contributed by atoms with Gasteiger partial charge in [-0.05, 0) is 18.2 Å². The van der Waals surface area contributed by atoms with Crippen LogP contribution in [-0.2, 0) is 4.74 Å². The van der Waals surface area contributed by atoms with Crippen molar-refractivity contribution >= 4 is 17.0 Å². The number of methoxy groups -OCH3 is 1. The first kappa shape index (κ1) is 11.4. The Morgan fingerprint density at radius 1 is 1.47 bits per heavy atom. The summed E-state index contributed by atoms with van der Waals surface area (Å²) in [4.78, 5) is 11.5. The largest absolute Gasteiger partial charge is 0.467 e. The van der Waals surface area contributed by atoms with Crippen LogP contribution < -0.4 is 10.4 Å². The molecule has 0 bridgehead atoms. The van der Waals surface area contributed by atoms with E-state index in [0.717, 1.165) is 5.39 Å². The number of hydrogen-bond acceptors (Lipinski definition) is 4. The third kappa shape index (κ3) is 2.21. The highest BCUT2D eigenvalue weighted by atomic mass is 16.7. The summed E-state index contributed by atoms with van der Waals surface area (Å²) in [7, 11) is 1.54. The van der Waals surface area contributed by atoms with E-state index >= 15 is 0 Å². The molecule has 0 radical (unpaired) electrons. The second-order valence-electron chi connectivity index (χ2n) is 3.41. The zero-order valence-electron chi connectivity index (χ0n) is 9.43. The van der Waals surface area contributed by atoms with Gasteiger partial charge in [-0.15, -0.1) is 0 Å². The third-order valence-electron chi connectivity index (χ3n) is 2.32. The molecule has 4 heteroatoms. The fraction of sp³-hybridized carbons (Fsp3) is 0.154. The standard InChI is InChI=1S/C13H12O4/c1-3-9-7-10-11(16-8-15-2)5-4-6-12(10)17-13(9)14/h3-7H,1,8H2,2H3. The molecule has 1 heterocycles. The Hall–Kier alpha value is -2.07. The second-order valence-corrected chi connectivity index (χ2v) is 3.41. The van der Waals surface area contributed by atoms with Crippen molar-refractivity contribution in [2.24, 2.45) is 0 Å². The fourth-order valence-electron chi connectivity index (χ4n) is 1.52. The molecule has 0 N–H and O–H groups in total. The molecule has 0 fully saturated rings. The Bertz CT molecular complexity index is 598. The number of hydrogen-bond donors (Lipinski definition) is 0. The molecule has 0 atom stereocenters. The molecule has 4 nitrogen and oxygen atoms in total. The Morgan fingerprint density at radius 3 is 3.00 bits per heavy atom. The van der Waals surface area contributed by atoms with Crippen LogP contribution in [0.3, 0.4) is 0 Å². The van der Waals surface area contributed by atoms with Gasteiger partial charge >= 0.3 is 5.63 Å². The first-order valence-electron chi connectivity index (χ1n) is 5.07. The summed E-state index contributed by atoms with van der Waals surface area (Å²) in [6, 6.07) is 6.94. The van der Waals surface area contributed by atoms with Gasteiger partial charge in [-0.1, -0.05) is 18.7 Å². The zero-order valence-corrected chi connectivity index (χ0v) is 9.43. The lowest BCUT2D eigenvalue weighted by Crippen LogP contribution is -2.04. The first-order valence-corrected chi connectivity index (χ1v) is 5.07. The van der Waals surface area contributed by atoms with Gasteiger partial charge in [0.1, 0.15) is 11.3 Å². The van der Waals surface area contributed by atoms with E-state index in [0.29, 0.717) is 16.9 Å². The van der Waals surface area contributed by atoms with E-state index in [1.165, 1.54) is 6.08 Å². The molecule has 1 aromatic heterocycles. The minimum Gasteiger partial charge on any atom is -0.467 e. The van der Waals surface area contributed by atoms with Gasteiger partial charge in [-0.25, -0.2) is 4.79 Å². The fourth-order valence-corrected chi connectivity index (χ4v) is 1.52. The lowest BCUT2D eigenvalue weighted by atomic mass is 10.1. The van der Waals surface area contributed by atoms with Gasteiger partial charge in [-0.3, -0.25) is 0 Å². The van der Waals surface area contributed by atoms with Crippen molar-refractivity contribution in [1.82, 2.24) is 0 Å². The molecule has 0 saturated carbocycles. The Balaban J connectivity index is 2.61. The average Bonchev–Trinajstić information content (AvgIpc) is 2.35.